The van der Waals surface area contributed by atoms with Gasteiger partial charge in [-0.15, -0.1) is 0 Å². The third-order valence-electron chi connectivity index (χ3n) is 2.45. The number of ether oxygens (including phenoxy) is 2. The normalized spacial score (nSPS) is 18.3. The molecule has 0 aromatic heterocycles. The average molecular weight is 329 g/mol. The lowest BCUT2D eigenvalue weighted by molar-refractivity contribution is -0.168. The maximum atomic E-state index is 12.8. The molecule has 104 valence electrons. The Kier molecular flexibility index (Phi) is 4.23. The number of benzene rings is 1. The Bertz CT molecular complexity index is 469. The molecule has 1 aromatic rings. The van der Waals surface area contributed by atoms with Crippen molar-refractivity contribution in [2.45, 2.75) is 9.70 Å². The van der Waals surface area contributed by atoms with Crippen LogP contribution < -0.4 is 5.32 Å². The summed E-state index contributed by atoms with van der Waals surface area (Å²) in [6, 6.07) is 4.89. The van der Waals surface area contributed by atoms with E-state index in [1.165, 1.54) is 12.1 Å². The zero-order valence-corrected chi connectivity index (χ0v) is 11.7. The van der Waals surface area contributed by atoms with Crippen molar-refractivity contribution in [1.82, 2.24) is 5.32 Å². The Morgan fingerprint density at radius 2 is 1.74 bits per heavy atom. The van der Waals surface area contributed by atoms with Gasteiger partial charge in [0.1, 0.15) is 5.82 Å². The van der Waals surface area contributed by atoms with E-state index in [-0.39, 0.29) is 18.8 Å². The molecule has 2 rings (SSSR count). The first-order valence-electron chi connectivity index (χ1n) is 5.27. The second-order valence-electron chi connectivity index (χ2n) is 3.77. The van der Waals surface area contributed by atoms with Crippen LogP contribution in [-0.2, 0) is 9.47 Å². The van der Waals surface area contributed by atoms with Crippen molar-refractivity contribution < 1.29 is 18.7 Å². The minimum absolute atomic E-state index is 0.178. The molecule has 1 heterocycles. The molecule has 19 heavy (non-hydrogen) atoms. The molecule has 0 saturated carbocycles. The molecule has 0 unspecified atom stereocenters. The van der Waals surface area contributed by atoms with Crippen molar-refractivity contribution in [3.63, 3.8) is 0 Å². The van der Waals surface area contributed by atoms with Crippen LogP contribution in [-0.4, -0.2) is 28.8 Å². The number of alkyl halides is 3. The van der Waals surface area contributed by atoms with Crippen LogP contribution in [0.2, 0.25) is 0 Å². The lowest BCUT2D eigenvalue weighted by Crippen LogP contribution is -2.58. The van der Waals surface area contributed by atoms with E-state index in [1.807, 2.05) is 0 Å². The highest BCUT2D eigenvalue weighted by atomic mass is 35.6. The Morgan fingerprint density at radius 1 is 1.21 bits per heavy atom. The molecule has 0 bridgehead atoms. The van der Waals surface area contributed by atoms with E-state index in [9.17, 15) is 9.18 Å². The number of halogens is 4. The van der Waals surface area contributed by atoms with Crippen LogP contribution in [0, 0.1) is 5.82 Å². The number of nitrogens with one attached hydrogen (secondary N) is 1. The predicted octanol–water partition coefficient (Wildman–Crippen LogP) is 2.63. The molecule has 0 radical (unpaired) electrons. The van der Waals surface area contributed by atoms with Gasteiger partial charge in [0.25, 0.3) is 9.70 Å². The van der Waals surface area contributed by atoms with E-state index in [0.717, 1.165) is 12.1 Å². The highest BCUT2D eigenvalue weighted by molar-refractivity contribution is 6.68. The Balaban J connectivity index is 2.18. The fourth-order valence-corrected chi connectivity index (χ4v) is 2.01. The van der Waals surface area contributed by atoms with Crippen LogP contribution in [0.3, 0.4) is 0 Å². The summed E-state index contributed by atoms with van der Waals surface area (Å²) in [7, 11) is 0. The van der Waals surface area contributed by atoms with Gasteiger partial charge in [0.15, 0.2) is 0 Å². The second kappa shape index (κ2) is 5.42. The van der Waals surface area contributed by atoms with Crippen LogP contribution in [0.15, 0.2) is 24.3 Å². The zero-order valence-electron chi connectivity index (χ0n) is 9.46. The molecule has 0 atom stereocenters. The molecule has 1 aliphatic rings. The molecule has 1 N–H and O–H groups in total. The number of carbonyl (C=O) groups excluding carboxylic acids is 1. The SMILES string of the molecule is O=C(NC1(C(Cl)(Cl)Cl)OCCO1)c1ccc(F)cc1. The monoisotopic (exact) mass is 327 g/mol. The fourth-order valence-electron chi connectivity index (χ4n) is 1.54. The van der Waals surface area contributed by atoms with E-state index in [1.54, 1.807) is 0 Å². The third kappa shape index (κ3) is 3.12. The van der Waals surface area contributed by atoms with Gasteiger partial charge in [-0.25, -0.2) is 4.39 Å². The average Bonchev–Trinajstić information content (AvgIpc) is 2.79. The second-order valence-corrected chi connectivity index (χ2v) is 6.05. The topological polar surface area (TPSA) is 47.6 Å². The Morgan fingerprint density at radius 3 is 2.21 bits per heavy atom. The van der Waals surface area contributed by atoms with Crippen molar-refractivity contribution in [2.75, 3.05) is 13.2 Å². The standard InChI is InChI=1S/C11H9Cl3FNO3/c12-10(13,14)11(18-5-6-19-11)16-9(17)7-1-3-8(15)4-2-7/h1-4H,5-6H2,(H,16,17). The summed E-state index contributed by atoms with van der Waals surface area (Å²) in [6.07, 6.45) is 0. The summed E-state index contributed by atoms with van der Waals surface area (Å²) in [4.78, 5) is 12.0. The summed E-state index contributed by atoms with van der Waals surface area (Å²) >= 11 is 17.3. The minimum atomic E-state index is -2.00. The molecule has 1 aromatic carbocycles. The first-order chi connectivity index (χ1) is 8.84. The molecule has 4 nitrogen and oxygen atoms in total. The van der Waals surface area contributed by atoms with Gasteiger partial charge in [-0.1, -0.05) is 34.8 Å². The maximum absolute atomic E-state index is 12.8. The van der Waals surface area contributed by atoms with E-state index in [2.05, 4.69) is 5.32 Å². The number of rotatable bonds is 2. The molecule has 1 aliphatic heterocycles. The van der Waals surface area contributed by atoms with Crippen molar-refractivity contribution in [3.8, 4) is 0 Å². The summed E-state index contributed by atoms with van der Waals surface area (Å²) in [5.74, 6) is -2.91. The number of hydrogen-bond acceptors (Lipinski definition) is 3. The summed E-state index contributed by atoms with van der Waals surface area (Å²) in [5.41, 5.74) is 0.189. The number of hydrogen-bond donors (Lipinski definition) is 1. The van der Waals surface area contributed by atoms with Gasteiger partial charge in [0.05, 0.1) is 13.2 Å². The predicted molar refractivity (Wildman–Crippen MR) is 68.8 cm³/mol. The van der Waals surface area contributed by atoms with Gasteiger partial charge >= 0.3 is 5.91 Å². The van der Waals surface area contributed by atoms with Crippen molar-refractivity contribution >= 4 is 40.7 Å². The minimum Gasteiger partial charge on any atom is -0.327 e. The van der Waals surface area contributed by atoms with Gasteiger partial charge in [-0.3, -0.25) is 10.1 Å². The molecule has 0 spiro atoms. The summed E-state index contributed by atoms with van der Waals surface area (Å²) in [6.45, 7) is 0.356. The van der Waals surface area contributed by atoms with Crippen LogP contribution in [0.4, 0.5) is 4.39 Å². The van der Waals surface area contributed by atoms with Crippen molar-refractivity contribution in [3.05, 3.63) is 35.6 Å². The number of carbonyl (C=O) groups is 1. The number of amides is 1. The first kappa shape index (κ1) is 14.8. The van der Waals surface area contributed by atoms with E-state index in [0.29, 0.717) is 0 Å². The fraction of sp³-hybridized carbons (Fsp3) is 0.364. The lowest BCUT2D eigenvalue weighted by atomic mass is 10.2. The lowest BCUT2D eigenvalue weighted by Gasteiger charge is -2.33. The highest BCUT2D eigenvalue weighted by Crippen LogP contribution is 2.42. The Labute approximate surface area is 123 Å². The van der Waals surface area contributed by atoms with Crippen molar-refractivity contribution in [2.24, 2.45) is 0 Å². The molecule has 0 aliphatic carbocycles. The third-order valence-corrected chi connectivity index (χ3v) is 3.20. The summed E-state index contributed by atoms with van der Waals surface area (Å²) in [5, 5.41) is 2.37. The molecule has 1 fully saturated rings. The van der Waals surface area contributed by atoms with Gasteiger partial charge in [-0.2, -0.15) is 0 Å². The molecular formula is C11H9Cl3FNO3. The van der Waals surface area contributed by atoms with Crippen molar-refractivity contribution in [1.29, 1.82) is 0 Å². The van der Waals surface area contributed by atoms with E-state index in [4.69, 9.17) is 44.3 Å². The van der Waals surface area contributed by atoms with E-state index >= 15 is 0 Å². The molecule has 8 heteroatoms. The summed E-state index contributed by atoms with van der Waals surface area (Å²) < 4.78 is 21.2. The zero-order chi connectivity index (χ0) is 14.1. The van der Waals surface area contributed by atoms with Crippen LogP contribution in [0.25, 0.3) is 0 Å². The highest BCUT2D eigenvalue weighted by Gasteiger charge is 2.55. The smallest absolute Gasteiger partial charge is 0.301 e. The van der Waals surface area contributed by atoms with Gasteiger partial charge in [0, 0.05) is 5.56 Å². The molecule has 1 amide bonds. The van der Waals surface area contributed by atoms with Crippen LogP contribution >= 0.6 is 34.8 Å². The maximum Gasteiger partial charge on any atom is 0.301 e. The van der Waals surface area contributed by atoms with Crippen LogP contribution in [0.5, 0.6) is 0 Å². The van der Waals surface area contributed by atoms with Gasteiger partial charge in [-0.05, 0) is 24.3 Å². The largest absolute Gasteiger partial charge is 0.327 e. The molecular weight excluding hydrogens is 319 g/mol. The first-order valence-corrected chi connectivity index (χ1v) is 6.40. The Hall–Kier alpha value is -0.590. The quantitative estimate of drug-likeness (QED) is 0.849. The molecule has 1 saturated heterocycles. The van der Waals surface area contributed by atoms with Gasteiger partial charge in [0.2, 0.25) is 0 Å². The van der Waals surface area contributed by atoms with Crippen LogP contribution in [0.1, 0.15) is 10.4 Å². The van der Waals surface area contributed by atoms with Gasteiger partial charge < -0.3 is 9.47 Å². The van der Waals surface area contributed by atoms with E-state index < -0.39 is 21.4 Å².